The van der Waals surface area contributed by atoms with Gasteiger partial charge in [0.15, 0.2) is 0 Å². The molecule has 2 heterocycles. The second-order valence-electron chi connectivity index (χ2n) is 4.63. The number of halogens is 1. The van der Waals surface area contributed by atoms with Crippen molar-refractivity contribution in [3.8, 4) is 0 Å². The van der Waals surface area contributed by atoms with E-state index in [2.05, 4.69) is 15.6 Å². The lowest BCUT2D eigenvalue weighted by molar-refractivity contribution is -0.123. The van der Waals surface area contributed by atoms with E-state index in [9.17, 15) is 4.79 Å². The smallest absolute Gasteiger partial charge is 0.231 e. The Kier molecular flexibility index (Phi) is 4.48. The fourth-order valence-electron chi connectivity index (χ4n) is 1.83. The number of carbonyl (C=O) groups is 1. The van der Waals surface area contributed by atoms with Crippen molar-refractivity contribution in [3.05, 3.63) is 24.0 Å². The van der Waals surface area contributed by atoms with E-state index in [4.69, 9.17) is 0 Å². The maximum absolute atomic E-state index is 12.0. The van der Waals surface area contributed by atoms with Crippen LogP contribution in [0.25, 0.3) is 0 Å². The van der Waals surface area contributed by atoms with Gasteiger partial charge in [-0.3, -0.25) is 9.78 Å². The standard InChI is InChI=1S/C12H17N3O.ClH/c1-9-3-4-10(7-14-9)15-11(16)12(2)5-6-13-8-12;/h3-4,7,13H,5-6,8H2,1-2H3,(H,15,16);1H. The molecule has 0 bridgehead atoms. The van der Waals surface area contributed by atoms with Gasteiger partial charge in [-0.05, 0) is 38.9 Å². The van der Waals surface area contributed by atoms with Crippen molar-refractivity contribution in [2.24, 2.45) is 5.41 Å². The molecule has 2 N–H and O–H groups in total. The number of nitrogens with one attached hydrogen (secondary N) is 2. The second-order valence-corrected chi connectivity index (χ2v) is 4.63. The van der Waals surface area contributed by atoms with Crippen molar-refractivity contribution < 1.29 is 4.79 Å². The molecule has 2 rings (SSSR count). The maximum atomic E-state index is 12.0. The molecule has 1 fully saturated rings. The number of hydrogen-bond donors (Lipinski definition) is 2. The van der Waals surface area contributed by atoms with Crippen molar-refractivity contribution in [1.29, 1.82) is 0 Å². The number of carbonyl (C=O) groups excluding carboxylic acids is 1. The molecule has 1 aliphatic rings. The van der Waals surface area contributed by atoms with Gasteiger partial charge in [0.2, 0.25) is 5.91 Å². The summed E-state index contributed by atoms with van der Waals surface area (Å²) in [5, 5.41) is 6.12. The molecule has 1 aliphatic heterocycles. The van der Waals surface area contributed by atoms with Gasteiger partial charge < -0.3 is 10.6 Å². The average Bonchev–Trinajstić information content (AvgIpc) is 2.70. The minimum Gasteiger partial charge on any atom is -0.324 e. The highest BCUT2D eigenvalue weighted by Crippen LogP contribution is 2.26. The number of anilines is 1. The lowest BCUT2D eigenvalue weighted by atomic mass is 9.89. The highest BCUT2D eigenvalue weighted by atomic mass is 35.5. The number of rotatable bonds is 2. The van der Waals surface area contributed by atoms with Gasteiger partial charge in [0.25, 0.3) is 0 Å². The molecule has 17 heavy (non-hydrogen) atoms. The van der Waals surface area contributed by atoms with Crippen LogP contribution in [0.2, 0.25) is 0 Å². The number of aromatic nitrogens is 1. The van der Waals surface area contributed by atoms with Crippen LogP contribution in [0, 0.1) is 12.3 Å². The van der Waals surface area contributed by atoms with E-state index in [0.29, 0.717) is 0 Å². The minimum absolute atomic E-state index is 0. The van der Waals surface area contributed by atoms with E-state index >= 15 is 0 Å². The van der Waals surface area contributed by atoms with Gasteiger partial charge in [-0.25, -0.2) is 0 Å². The molecule has 1 aromatic heterocycles. The van der Waals surface area contributed by atoms with Crippen molar-refractivity contribution >= 4 is 24.0 Å². The van der Waals surface area contributed by atoms with E-state index in [1.165, 1.54) is 0 Å². The fourth-order valence-corrected chi connectivity index (χ4v) is 1.83. The molecule has 1 saturated heterocycles. The first-order chi connectivity index (χ1) is 7.60. The molecule has 4 nitrogen and oxygen atoms in total. The SMILES string of the molecule is Cc1ccc(NC(=O)C2(C)CCNC2)cn1.Cl. The van der Waals surface area contributed by atoms with Crippen LogP contribution in [0.4, 0.5) is 5.69 Å². The highest BCUT2D eigenvalue weighted by molar-refractivity contribution is 5.95. The Morgan fingerprint density at radius 2 is 2.29 bits per heavy atom. The Morgan fingerprint density at radius 1 is 1.53 bits per heavy atom. The number of aryl methyl sites for hydroxylation is 1. The van der Waals surface area contributed by atoms with Crippen LogP contribution in [-0.4, -0.2) is 24.0 Å². The summed E-state index contributed by atoms with van der Waals surface area (Å²) in [6.45, 7) is 5.58. The third-order valence-electron chi connectivity index (χ3n) is 3.09. The van der Waals surface area contributed by atoms with Crippen LogP contribution in [0.1, 0.15) is 19.0 Å². The predicted octanol–water partition coefficient (Wildman–Crippen LogP) is 1.75. The van der Waals surface area contributed by atoms with Gasteiger partial charge in [-0.2, -0.15) is 0 Å². The molecule has 5 heteroatoms. The summed E-state index contributed by atoms with van der Waals surface area (Å²) in [5.41, 5.74) is 1.43. The molecule has 0 radical (unpaired) electrons. The Hall–Kier alpha value is -1.13. The van der Waals surface area contributed by atoms with Crippen molar-refractivity contribution in [3.63, 3.8) is 0 Å². The molecule has 1 atom stereocenters. The van der Waals surface area contributed by atoms with Crippen LogP contribution >= 0.6 is 12.4 Å². The molecule has 0 saturated carbocycles. The summed E-state index contributed by atoms with van der Waals surface area (Å²) in [5.74, 6) is 0.0724. The first-order valence-corrected chi connectivity index (χ1v) is 5.55. The third-order valence-corrected chi connectivity index (χ3v) is 3.09. The zero-order chi connectivity index (χ0) is 11.6. The van der Waals surface area contributed by atoms with Gasteiger partial charge in [0.05, 0.1) is 17.3 Å². The van der Waals surface area contributed by atoms with Crippen molar-refractivity contribution in [1.82, 2.24) is 10.3 Å². The van der Waals surface area contributed by atoms with E-state index in [1.54, 1.807) is 6.20 Å². The molecule has 0 aromatic carbocycles. The summed E-state index contributed by atoms with van der Waals surface area (Å²) in [6, 6.07) is 3.77. The first-order valence-electron chi connectivity index (χ1n) is 5.55. The van der Waals surface area contributed by atoms with Crippen molar-refractivity contribution in [2.75, 3.05) is 18.4 Å². The number of pyridine rings is 1. The quantitative estimate of drug-likeness (QED) is 0.847. The normalized spacial score (nSPS) is 22.9. The van der Waals surface area contributed by atoms with Gasteiger partial charge >= 0.3 is 0 Å². The number of nitrogens with zero attached hydrogens (tertiary/aromatic N) is 1. The Balaban J connectivity index is 0.00000144. The summed E-state index contributed by atoms with van der Waals surface area (Å²) >= 11 is 0. The highest BCUT2D eigenvalue weighted by Gasteiger charge is 2.36. The van der Waals surface area contributed by atoms with E-state index in [0.717, 1.165) is 30.9 Å². The van der Waals surface area contributed by atoms with Gasteiger partial charge in [0.1, 0.15) is 0 Å². The largest absolute Gasteiger partial charge is 0.324 e. The summed E-state index contributed by atoms with van der Waals surface area (Å²) < 4.78 is 0. The zero-order valence-electron chi connectivity index (χ0n) is 10.1. The molecule has 1 unspecified atom stereocenters. The maximum Gasteiger partial charge on any atom is 0.231 e. The van der Waals surface area contributed by atoms with E-state index < -0.39 is 0 Å². The Morgan fingerprint density at radius 3 is 2.82 bits per heavy atom. The molecule has 1 amide bonds. The van der Waals surface area contributed by atoms with Crippen LogP contribution in [-0.2, 0) is 4.79 Å². The lowest BCUT2D eigenvalue weighted by Crippen LogP contribution is -2.35. The minimum atomic E-state index is -0.287. The summed E-state index contributed by atoms with van der Waals surface area (Å²) in [4.78, 5) is 16.2. The van der Waals surface area contributed by atoms with Gasteiger partial charge in [0, 0.05) is 12.2 Å². The monoisotopic (exact) mass is 255 g/mol. The molecule has 0 spiro atoms. The van der Waals surface area contributed by atoms with Crippen LogP contribution in [0.3, 0.4) is 0 Å². The zero-order valence-corrected chi connectivity index (χ0v) is 10.9. The lowest BCUT2D eigenvalue weighted by Gasteiger charge is -2.21. The number of hydrogen-bond acceptors (Lipinski definition) is 3. The second kappa shape index (κ2) is 5.47. The topological polar surface area (TPSA) is 54.0 Å². The molecule has 94 valence electrons. The van der Waals surface area contributed by atoms with Gasteiger partial charge in [-0.1, -0.05) is 0 Å². The molecule has 1 aromatic rings. The van der Waals surface area contributed by atoms with E-state index in [-0.39, 0.29) is 23.7 Å². The first kappa shape index (κ1) is 13.9. The van der Waals surface area contributed by atoms with Crippen molar-refractivity contribution in [2.45, 2.75) is 20.3 Å². The predicted molar refractivity (Wildman–Crippen MR) is 70.4 cm³/mol. The van der Waals surface area contributed by atoms with Crippen LogP contribution < -0.4 is 10.6 Å². The molecule has 0 aliphatic carbocycles. The Bertz CT molecular complexity index is 385. The average molecular weight is 256 g/mol. The molecular weight excluding hydrogens is 238 g/mol. The van der Waals surface area contributed by atoms with Crippen LogP contribution in [0.15, 0.2) is 18.3 Å². The number of amides is 1. The summed E-state index contributed by atoms with van der Waals surface area (Å²) in [6.07, 6.45) is 2.58. The van der Waals surface area contributed by atoms with Crippen LogP contribution in [0.5, 0.6) is 0 Å². The summed E-state index contributed by atoms with van der Waals surface area (Å²) in [7, 11) is 0. The van der Waals surface area contributed by atoms with Gasteiger partial charge in [-0.15, -0.1) is 12.4 Å². The molecular formula is C12H18ClN3O. The fraction of sp³-hybridized carbons (Fsp3) is 0.500. The van der Waals surface area contributed by atoms with E-state index in [1.807, 2.05) is 26.0 Å². The third kappa shape index (κ3) is 3.17. The Labute approximate surface area is 108 Å².